The zero-order valence-corrected chi connectivity index (χ0v) is 13.5. The van der Waals surface area contributed by atoms with Crippen LogP contribution in [0.25, 0.3) is 0 Å². The predicted octanol–water partition coefficient (Wildman–Crippen LogP) is 3.59. The molecule has 1 amide bonds. The van der Waals surface area contributed by atoms with Crippen LogP contribution in [0.3, 0.4) is 0 Å². The van der Waals surface area contributed by atoms with Gasteiger partial charge in [0, 0.05) is 16.0 Å². The van der Waals surface area contributed by atoms with E-state index in [0.717, 1.165) is 21.6 Å². The van der Waals surface area contributed by atoms with E-state index in [4.69, 9.17) is 0 Å². The summed E-state index contributed by atoms with van der Waals surface area (Å²) in [4.78, 5) is 16.2. The molecule has 106 valence electrons. The fraction of sp³-hybridized carbons (Fsp3) is 0.286. The minimum Gasteiger partial charge on any atom is -0.324 e. The summed E-state index contributed by atoms with van der Waals surface area (Å²) < 4.78 is 0.875. The summed E-state index contributed by atoms with van der Waals surface area (Å²) >= 11 is 5.01. The Morgan fingerprint density at radius 1 is 1.45 bits per heavy atom. The standard InChI is InChI=1S/C14H16BrN3OS/c1-2-11(14-16-7-8-20-14)17-9-13(19)18-12-6-4-3-5-10(12)15/h3-8,11,17H,2,9H2,1H3,(H,18,19). The molecule has 0 radical (unpaired) electrons. The minimum atomic E-state index is -0.0630. The molecule has 1 atom stereocenters. The van der Waals surface area contributed by atoms with Crippen LogP contribution in [0.5, 0.6) is 0 Å². The van der Waals surface area contributed by atoms with Crippen LogP contribution < -0.4 is 10.6 Å². The summed E-state index contributed by atoms with van der Waals surface area (Å²) in [6.45, 7) is 2.34. The molecule has 2 aromatic rings. The van der Waals surface area contributed by atoms with Crippen LogP contribution in [0.2, 0.25) is 0 Å². The molecule has 2 N–H and O–H groups in total. The van der Waals surface area contributed by atoms with Gasteiger partial charge in [0.15, 0.2) is 0 Å². The summed E-state index contributed by atoms with van der Waals surface area (Å²) in [5.41, 5.74) is 0.779. The Hall–Kier alpha value is -1.24. The molecular formula is C14H16BrN3OS. The van der Waals surface area contributed by atoms with Gasteiger partial charge in [-0.05, 0) is 34.5 Å². The Morgan fingerprint density at radius 3 is 2.90 bits per heavy atom. The molecule has 0 saturated carbocycles. The number of nitrogens with one attached hydrogen (secondary N) is 2. The molecule has 20 heavy (non-hydrogen) atoms. The molecule has 1 heterocycles. The molecule has 6 heteroatoms. The Balaban J connectivity index is 1.87. The van der Waals surface area contributed by atoms with Gasteiger partial charge in [0.05, 0.1) is 18.3 Å². The molecule has 1 unspecified atom stereocenters. The lowest BCUT2D eigenvalue weighted by atomic mass is 10.2. The second kappa shape index (κ2) is 7.52. The number of carbonyl (C=O) groups excluding carboxylic acids is 1. The number of carbonyl (C=O) groups is 1. The highest BCUT2D eigenvalue weighted by Crippen LogP contribution is 2.21. The van der Waals surface area contributed by atoms with E-state index in [1.807, 2.05) is 29.6 Å². The third-order valence-electron chi connectivity index (χ3n) is 2.81. The highest BCUT2D eigenvalue weighted by atomic mass is 79.9. The molecule has 0 fully saturated rings. The van der Waals surface area contributed by atoms with Gasteiger partial charge in [-0.1, -0.05) is 19.1 Å². The van der Waals surface area contributed by atoms with Crippen LogP contribution in [-0.4, -0.2) is 17.4 Å². The molecule has 0 bridgehead atoms. The van der Waals surface area contributed by atoms with E-state index in [0.29, 0.717) is 0 Å². The van der Waals surface area contributed by atoms with Crippen LogP contribution in [0.4, 0.5) is 5.69 Å². The summed E-state index contributed by atoms with van der Waals surface area (Å²) in [6.07, 6.45) is 2.68. The fourth-order valence-electron chi connectivity index (χ4n) is 1.79. The van der Waals surface area contributed by atoms with Crippen molar-refractivity contribution in [2.24, 2.45) is 0 Å². The topological polar surface area (TPSA) is 54.0 Å². The van der Waals surface area contributed by atoms with Crippen molar-refractivity contribution in [3.63, 3.8) is 0 Å². The lowest BCUT2D eigenvalue weighted by Crippen LogP contribution is -2.31. The third kappa shape index (κ3) is 4.13. The number of nitrogens with zero attached hydrogens (tertiary/aromatic N) is 1. The number of anilines is 1. The van der Waals surface area contributed by atoms with Crippen LogP contribution in [0, 0.1) is 0 Å². The van der Waals surface area contributed by atoms with Crippen molar-refractivity contribution in [1.82, 2.24) is 10.3 Å². The predicted molar refractivity (Wildman–Crippen MR) is 85.9 cm³/mol. The smallest absolute Gasteiger partial charge is 0.238 e. The quantitative estimate of drug-likeness (QED) is 0.834. The summed E-state index contributed by atoms with van der Waals surface area (Å²) in [7, 11) is 0. The van der Waals surface area contributed by atoms with Gasteiger partial charge < -0.3 is 5.32 Å². The van der Waals surface area contributed by atoms with Gasteiger partial charge in [0.25, 0.3) is 0 Å². The molecule has 4 nitrogen and oxygen atoms in total. The van der Waals surface area contributed by atoms with Crippen LogP contribution in [0.15, 0.2) is 40.3 Å². The van der Waals surface area contributed by atoms with Crippen molar-refractivity contribution in [3.8, 4) is 0 Å². The Morgan fingerprint density at radius 2 is 2.25 bits per heavy atom. The maximum atomic E-state index is 11.9. The molecule has 2 rings (SSSR count). The van der Waals surface area contributed by atoms with E-state index in [9.17, 15) is 4.79 Å². The van der Waals surface area contributed by atoms with Gasteiger partial charge in [-0.3, -0.25) is 10.1 Å². The van der Waals surface area contributed by atoms with Crippen molar-refractivity contribution in [3.05, 3.63) is 45.3 Å². The first-order valence-corrected chi connectivity index (χ1v) is 8.05. The van der Waals surface area contributed by atoms with E-state index in [1.165, 1.54) is 0 Å². The van der Waals surface area contributed by atoms with Gasteiger partial charge in [0.2, 0.25) is 5.91 Å². The Bertz CT molecular complexity index is 559. The van der Waals surface area contributed by atoms with Gasteiger partial charge in [-0.2, -0.15) is 0 Å². The van der Waals surface area contributed by atoms with Crippen LogP contribution >= 0.6 is 27.3 Å². The first-order valence-electron chi connectivity index (χ1n) is 6.38. The lowest BCUT2D eigenvalue weighted by molar-refractivity contribution is -0.115. The molecule has 0 saturated heterocycles. The second-order valence-corrected chi connectivity index (χ2v) is 6.02. The molecule has 0 aliphatic carbocycles. The number of benzene rings is 1. The molecule has 1 aromatic heterocycles. The van der Waals surface area contributed by atoms with Crippen molar-refractivity contribution >= 4 is 38.9 Å². The number of para-hydroxylation sites is 1. The van der Waals surface area contributed by atoms with E-state index >= 15 is 0 Å². The number of hydrogen-bond donors (Lipinski definition) is 2. The average molecular weight is 354 g/mol. The monoisotopic (exact) mass is 353 g/mol. The number of rotatable bonds is 6. The first kappa shape index (κ1) is 15.2. The summed E-state index contributed by atoms with van der Waals surface area (Å²) in [6, 6.07) is 7.68. The largest absolute Gasteiger partial charge is 0.324 e. The summed E-state index contributed by atoms with van der Waals surface area (Å²) in [5, 5.41) is 9.06. The number of halogens is 1. The molecule has 1 aromatic carbocycles. The van der Waals surface area contributed by atoms with E-state index in [-0.39, 0.29) is 18.5 Å². The second-order valence-electron chi connectivity index (χ2n) is 4.24. The van der Waals surface area contributed by atoms with Gasteiger partial charge in [-0.15, -0.1) is 11.3 Å². The number of thiazole rings is 1. The maximum absolute atomic E-state index is 11.9. The summed E-state index contributed by atoms with van der Waals surface area (Å²) in [5.74, 6) is -0.0630. The van der Waals surface area contributed by atoms with E-state index in [2.05, 4.69) is 38.5 Å². The van der Waals surface area contributed by atoms with Crippen molar-refractivity contribution in [2.75, 3.05) is 11.9 Å². The van der Waals surface area contributed by atoms with Crippen LogP contribution in [0.1, 0.15) is 24.4 Å². The number of hydrogen-bond acceptors (Lipinski definition) is 4. The number of aromatic nitrogens is 1. The van der Waals surface area contributed by atoms with Gasteiger partial charge >= 0.3 is 0 Å². The number of amides is 1. The molecule has 0 aliphatic rings. The van der Waals surface area contributed by atoms with E-state index < -0.39 is 0 Å². The van der Waals surface area contributed by atoms with E-state index in [1.54, 1.807) is 17.5 Å². The lowest BCUT2D eigenvalue weighted by Gasteiger charge is -2.14. The van der Waals surface area contributed by atoms with Crippen molar-refractivity contribution in [2.45, 2.75) is 19.4 Å². The average Bonchev–Trinajstić information content (AvgIpc) is 2.96. The fourth-order valence-corrected chi connectivity index (χ4v) is 2.97. The van der Waals surface area contributed by atoms with Crippen LogP contribution in [-0.2, 0) is 4.79 Å². The molecule has 0 aliphatic heterocycles. The maximum Gasteiger partial charge on any atom is 0.238 e. The highest BCUT2D eigenvalue weighted by Gasteiger charge is 2.13. The zero-order valence-electron chi connectivity index (χ0n) is 11.1. The minimum absolute atomic E-state index is 0.0630. The normalized spacial score (nSPS) is 12.1. The Labute approximate surface area is 130 Å². The molecular weight excluding hydrogens is 338 g/mol. The SMILES string of the molecule is CCC(NCC(=O)Nc1ccccc1Br)c1nccs1. The Kier molecular flexibility index (Phi) is 5.70. The van der Waals surface area contributed by atoms with Gasteiger partial charge in [-0.25, -0.2) is 4.98 Å². The van der Waals surface area contributed by atoms with Gasteiger partial charge in [0.1, 0.15) is 5.01 Å². The highest BCUT2D eigenvalue weighted by molar-refractivity contribution is 9.10. The molecule has 0 spiro atoms. The zero-order chi connectivity index (χ0) is 14.4. The third-order valence-corrected chi connectivity index (χ3v) is 4.40. The first-order chi connectivity index (χ1) is 9.70. The van der Waals surface area contributed by atoms with Crippen molar-refractivity contribution < 1.29 is 4.79 Å². The van der Waals surface area contributed by atoms with Crippen molar-refractivity contribution in [1.29, 1.82) is 0 Å².